The Morgan fingerprint density at radius 1 is 1.00 bits per heavy atom. The third-order valence-electron chi connectivity index (χ3n) is 3.51. The number of para-hydroxylation sites is 2. The van der Waals surface area contributed by atoms with E-state index in [0.717, 1.165) is 17.9 Å². The Morgan fingerprint density at radius 2 is 1.70 bits per heavy atom. The monoisotopic (exact) mass is 264 g/mol. The van der Waals surface area contributed by atoms with Crippen molar-refractivity contribution in [3.05, 3.63) is 54.1 Å². The van der Waals surface area contributed by atoms with E-state index in [1.807, 2.05) is 6.07 Å². The first kappa shape index (κ1) is 12.9. The number of rotatable bonds is 3. The maximum absolute atomic E-state index is 4.83. The van der Waals surface area contributed by atoms with Crippen LogP contribution in [0.5, 0.6) is 0 Å². The van der Waals surface area contributed by atoms with Crippen molar-refractivity contribution in [1.29, 1.82) is 0 Å². The molecule has 1 aromatic heterocycles. The maximum Gasteiger partial charge on any atom is 0.141 e. The molecule has 0 atom stereocenters. The predicted molar refractivity (Wildman–Crippen MR) is 84.7 cm³/mol. The molecular weight excluding hydrogens is 244 g/mol. The lowest BCUT2D eigenvalue weighted by Crippen LogP contribution is -2.06. The summed E-state index contributed by atoms with van der Waals surface area (Å²) in [7, 11) is 0. The number of imidazole rings is 1. The number of aryl methyl sites for hydroxylation is 1. The largest absolute Gasteiger partial charge is 0.324 e. The van der Waals surface area contributed by atoms with E-state index in [9.17, 15) is 0 Å². The Hall–Kier alpha value is -2.09. The molecule has 0 spiro atoms. The Kier molecular flexibility index (Phi) is 3.31. The average molecular weight is 264 g/mol. The van der Waals surface area contributed by atoms with Gasteiger partial charge in [-0.1, -0.05) is 55.8 Å². The number of hydrogen-bond acceptors (Lipinski definition) is 1. The van der Waals surface area contributed by atoms with E-state index >= 15 is 0 Å². The van der Waals surface area contributed by atoms with E-state index in [-0.39, 0.29) is 0 Å². The van der Waals surface area contributed by atoms with Crippen LogP contribution in [0.15, 0.2) is 48.5 Å². The second-order valence-electron chi connectivity index (χ2n) is 5.79. The van der Waals surface area contributed by atoms with Gasteiger partial charge in [-0.3, -0.25) is 0 Å². The van der Waals surface area contributed by atoms with Crippen LogP contribution < -0.4 is 0 Å². The SMILES string of the molecule is Cc1ccc(-c2nc3ccccc3n2CC(C)C)cc1. The number of aromatic nitrogens is 2. The molecule has 0 aliphatic carbocycles. The van der Waals surface area contributed by atoms with Gasteiger partial charge in [-0.25, -0.2) is 4.98 Å². The molecule has 0 saturated heterocycles. The molecule has 0 saturated carbocycles. The zero-order chi connectivity index (χ0) is 14.1. The first-order valence-electron chi connectivity index (χ1n) is 7.17. The highest BCUT2D eigenvalue weighted by molar-refractivity contribution is 5.80. The number of nitrogens with zero attached hydrogens (tertiary/aromatic N) is 2. The van der Waals surface area contributed by atoms with Crippen molar-refractivity contribution in [2.24, 2.45) is 5.92 Å². The summed E-state index contributed by atoms with van der Waals surface area (Å²) >= 11 is 0. The second-order valence-corrected chi connectivity index (χ2v) is 5.79. The van der Waals surface area contributed by atoms with Crippen LogP contribution in [0.2, 0.25) is 0 Å². The van der Waals surface area contributed by atoms with Crippen molar-refractivity contribution >= 4 is 11.0 Å². The van der Waals surface area contributed by atoms with Crippen LogP contribution in [0, 0.1) is 12.8 Å². The molecule has 2 aromatic carbocycles. The molecule has 0 bridgehead atoms. The molecule has 0 amide bonds. The molecular formula is C18H20N2. The van der Waals surface area contributed by atoms with Crippen molar-refractivity contribution in [1.82, 2.24) is 9.55 Å². The van der Waals surface area contributed by atoms with Gasteiger partial charge < -0.3 is 4.57 Å². The zero-order valence-corrected chi connectivity index (χ0v) is 12.3. The van der Waals surface area contributed by atoms with Crippen LogP contribution in [-0.4, -0.2) is 9.55 Å². The van der Waals surface area contributed by atoms with Crippen LogP contribution in [0.4, 0.5) is 0 Å². The van der Waals surface area contributed by atoms with Crippen LogP contribution >= 0.6 is 0 Å². The Labute approximate surface area is 120 Å². The number of benzene rings is 2. The van der Waals surface area contributed by atoms with Crippen molar-refractivity contribution in [3.63, 3.8) is 0 Å². The fourth-order valence-electron chi connectivity index (χ4n) is 2.55. The summed E-state index contributed by atoms with van der Waals surface area (Å²) in [5.74, 6) is 1.66. The van der Waals surface area contributed by atoms with Crippen LogP contribution in [-0.2, 0) is 6.54 Å². The smallest absolute Gasteiger partial charge is 0.141 e. The van der Waals surface area contributed by atoms with Crippen molar-refractivity contribution in [2.45, 2.75) is 27.3 Å². The third-order valence-corrected chi connectivity index (χ3v) is 3.51. The van der Waals surface area contributed by atoms with Gasteiger partial charge in [0, 0.05) is 12.1 Å². The van der Waals surface area contributed by atoms with Gasteiger partial charge in [-0.2, -0.15) is 0 Å². The van der Waals surface area contributed by atoms with Crippen LogP contribution in [0.25, 0.3) is 22.4 Å². The molecule has 0 fully saturated rings. The predicted octanol–water partition coefficient (Wildman–Crippen LogP) is 4.67. The summed E-state index contributed by atoms with van der Waals surface area (Å²) in [6.07, 6.45) is 0. The van der Waals surface area contributed by atoms with Gasteiger partial charge in [0.15, 0.2) is 0 Å². The molecule has 2 heteroatoms. The molecule has 102 valence electrons. The van der Waals surface area contributed by atoms with E-state index in [4.69, 9.17) is 4.98 Å². The van der Waals surface area contributed by atoms with E-state index in [1.165, 1.54) is 16.6 Å². The molecule has 0 unspecified atom stereocenters. The minimum absolute atomic E-state index is 0.594. The van der Waals surface area contributed by atoms with Gasteiger partial charge in [-0.05, 0) is 25.0 Å². The molecule has 2 nitrogen and oxygen atoms in total. The molecule has 3 rings (SSSR count). The van der Waals surface area contributed by atoms with Crippen molar-refractivity contribution in [2.75, 3.05) is 0 Å². The minimum Gasteiger partial charge on any atom is -0.324 e. The van der Waals surface area contributed by atoms with Crippen LogP contribution in [0.1, 0.15) is 19.4 Å². The first-order chi connectivity index (χ1) is 9.65. The molecule has 0 aliphatic rings. The molecule has 0 radical (unpaired) electrons. The highest BCUT2D eigenvalue weighted by atomic mass is 15.1. The Morgan fingerprint density at radius 3 is 2.40 bits per heavy atom. The molecule has 20 heavy (non-hydrogen) atoms. The van der Waals surface area contributed by atoms with Gasteiger partial charge in [0.25, 0.3) is 0 Å². The third kappa shape index (κ3) is 2.34. The second kappa shape index (κ2) is 5.12. The van der Waals surface area contributed by atoms with Gasteiger partial charge in [0.05, 0.1) is 11.0 Å². The van der Waals surface area contributed by atoms with Gasteiger partial charge in [0.2, 0.25) is 0 Å². The van der Waals surface area contributed by atoms with Gasteiger partial charge >= 0.3 is 0 Å². The van der Waals surface area contributed by atoms with Crippen molar-refractivity contribution < 1.29 is 0 Å². The highest BCUT2D eigenvalue weighted by Gasteiger charge is 2.12. The lowest BCUT2D eigenvalue weighted by molar-refractivity contribution is 0.536. The Balaban J connectivity index is 2.20. The summed E-state index contributed by atoms with van der Waals surface area (Å²) in [6.45, 7) is 7.59. The van der Waals surface area contributed by atoms with E-state index < -0.39 is 0 Å². The lowest BCUT2D eigenvalue weighted by Gasteiger charge is -2.12. The first-order valence-corrected chi connectivity index (χ1v) is 7.17. The molecule has 1 heterocycles. The summed E-state index contributed by atoms with van der Waals surface area (Å²) in [6, 6.07) is 17.0. The van der Waals surface area contributed by atoms with E-state index in [0.29, 0.717) is 5.92 Å². The zero-order valence-electron chi connectivity index (χ0n) is 12.3. The van der Waals surface area contributed by atoms with E-state index in [1.54, 1.807) is 0 Å². The van der Waals surface area contributed by atoms with Crippen LogP contribution in [0.3, 0.4) is 0 Å². The fraction of sp³-hybridized carbons (Fsp3) is 0.278. The van der Waals surface area contributed by atoms with Gasteiger partial charge in [-0.15, -0.1) is 0 Å². The minimum atomic E-state index is 0.594. The maximum atomic E-state index is 4.83. The standard InChI is InChI=1S/C18H20N2/c1-13(2)12-20-17-7-5-4-6-16(17)19-18(20)15-10-8-14(3)9-11-15/h4-11,13H,12H2,1-3H3. The normalized spacial score (nSPS) is 11.4. The van der Waals surface area contributed by atoms with Crippen molar-refractivity contribution in [3.8, 4) is 11.4 Å². The number of fused-ring (bicyclic) bond motifs is 1. The Bertz CT molecular complexity index is 721. The average Bonchev–Trinajstić information content (AvgIpc) is 2.78. The summed E-state index contributed by atoms with van der Waals surface area (Å²) in [5.41, 5.74) is 4.76. The van der Waals surface area contributed by atoms with Gasteiger partial charge in [0.1, 0.15) is 5.82 Å². The molecule has 0 N–H and O–H groups in total. The molecule has 3 aromatic rings. The number of hydrogen-bond donors (Lipinski definition) is 0. The lowest BCUT2D eigenvalue weighted by atomic mass is 10.1. The summed E-state index contributed by atoms with van der Waals surface area (Å²) in [4.78, 5) is 4.83. The highest BCUT2D eigenvalue weighted by Crippen LogP contribution is 2.26. The molecule has 0 aliphatic heterocycles. The summed E-state index contributed by atoms with van der Waals surface area (Å²) in [5, 5.41) is 0. The summed E-state index contributed by atoms with van der Waals surface area (Å²) < 4.78 is 2.34. The van der Waals surface area contributed by atoms with E-state index in [2.05, 4.69) is 67.8 Å². The quantitative estimate of drug-likeness (QED) is 0.672. The topological polar surface area (TPSA) is 17.8 Å². The fourth-order valence-corrected chi connectivity index (χ4v) is 2.55.